The molecule has 0 bridgehead atoms. The van der Waals surface area contributed by atoms with E-state index in [-0.39, 0.29) is 24.5 Å². The van der Waals surface area contributed by atoms with Gasteiger partial charge in [0.15, 0.2) is 17.6 Å². The largest absolute Gasteiger partial charge is 0.490 e. The second-order valence-electron chi connectivity index (χ2n) is 16.0. The molecule has 1 amide bonds. The third kappa shape index (κ3) is 8.60. The number of ether oxygens (including phenoxy) is 3. The molecule has 9 heteroatoms. The summed E-state index contributed by atoms with van der Waals surface area (Å²) in [6, 6.07) is 30.6. The number of fused-ring (bicyclic) bond motifs is 2. The van der Waals surface area contributed by atoms with Crippen LogP contribution in [0.3, 0.4) is 0 Å². The van der Waals surface area contributed by atoms with Gasteiger partial charge in [0.1, 0.15) is 18.4 Å². The van der Waals surface area contributed by atoms with Gasteiger partial charge >= 0.3 is 5.97 Å². The molecule has 2 aliphatic heterocycles. The van der Waals surface area contributed by atoms with Crippen LogP contribution >= 0.6 is 0 Å². The molecule has 2 N–H and O–H groups in total. The highest BCUT2D eigenvalue weighted by Gasteiger charge is 2.39. The van der Waals surface area contributed by atoms with Crippen LogP contribution in [0.15, 0.2) is 103 Å². The molecule has 4 aromatic carbocycles. The Morgan fingerprint density at radius 2 is 1.66 bits per heavy atom. The zero-order valence-corrected chi connectivity index (χ0v) is 33.7. The maximum absolute atomic E-state index is 14.4. The molecule has 300 valence electrons. The number of benzene rings is 4. The minimum Gasteiger partial charge on any atom is -0.490 e. The molecule has 58 heavy (non-hydrogen) atoms. The van der Waals surface area contributed by atoms with Crippen molar-refractivity contribution in [3.63, 3.8) is 0 Å². The Balaban J connectivity index is 1.01. The first kappa shape index (κ1) is 39.2. The number of aliphatic carboxylic acids is 1. The fourth-order valence-corrected chi connectivity index (χ4v) is 8.86. The highest BCUT2D eigenvalue weighted by molar-refractivity contribution is 5.87. The first-order valence-corrected chi connectivity index (χ1v) is 20.8. The van der Waals surface area contributed by atoms with E-state index in [0.717, 1.165) is 75.2 Å². The first-order chi connectivity index (χ1) is 28.2. The van der Waals surface area contributed by atoms with E-state index in [0.29, 0.717) is 37.2 Å². The molecule has 1 fully saturated rings. The van der Waals surface area contributed by atoms with E-state index >= 15 is 0 Å². The monoisotopic (exact) mass is 779 g/mol. The molecule has 0 radical (unpaired) electrons. The van der Waals surface area contributed by atoms with E-state index in [4.69, 9.17) is 14.2 Å². The number of carbonyl (C=O) groups excluding carboxylic acids is 1. The molecule has 5 aromatic rings. The topological polar surface area (TPSA) is 110 Å². The number of hydrogen-bond donors (Lipinski definition) is 2. The Hall–Kier alpha value is -5.67. The maximum Gasteiger partial charge on any atom is 0.326 e. The number of nitrogens with zero attached hydrogens (tertiary/aromatic N) is 2. The van der Waals surface area contributed by atoms with Crippen LogP contribution in [0.2, 0.25) is 0 Å². The van der Waals surface area contributed by atoms with Crippen molar-refractivity contribution in [3.05, 3.63) is 142 Å². The zero-order valence-electron chi connectivity index (χ0n) is 33.7. The molecule has 0 spiro atoms. The van der Waals surface area contributed by atoms with E-state index < -0.39 is 18.1 Å². The molecular formula is C49H53N3O6. The average molecular weight is 780 g/mol. The van der Waals surface area contributed by atoms with Crippen LogP contribution in [0.4, 0.5) is 0 Å². The summed E-state index contributed by atoms with van der Waals surface area (Å²) in [5.74, 6) is 0.840. The molecule has 4 atom stereocenters. The first-order valence-electron chi connectivity index (χ1n) is 20.8. The summed E-state index contributed by atoms with van der Waals surface area (Å²) < 4.78 is 19.2. The molecule has 0 saturated heterocycles. The molecule has 3 aliphatic rings. The summed E-state index contributed by atoms with van der Waals surface area (Å²) in [5.41, 5.74) is 9.21. The zero-order chi connectivity index (χ0) is 40.2. The molecule has 1 unspecified atom stereocenters. The Morgan fingerprint density at radius 3 is 2.38 bits per heavy atom. The number of aryl methyl sites for hydroxylation is 1. The van der Waals surface area contributed by atoms with Crippen LogP contribution in [0.1, 0.15) is 96.7 Å². The third-order valence-corrected chi connectivity index (χ3v) is 12.2. The van der Waals surface area contributed by atoms with Crippen LogP contribution in [0.25, 0.3) is 11.1 Å². The van der Waals surface area contributed by atoms with Crippen LogP contribution < -0.4 is 19.5 Å². The van der Waals surface area contributed by atoms with Crippen molar-refractivity contribution in [1.82, 2.24) is 15.2 Å². The lowest BCUT2D eigenvalue weighted by molar-refractivity contribution is -0.143. The van der Waals surface area contributed by atoms with Crippen molar-refractivity contribution in [1.29, 1.82) is 0 Å². The van der Waals surface area contributed by atoms with E-state index in [1.807, 2.05) is 73.7 Å². The summed E-state index contributed by atoms with van der Waals surface area (Å²) in [6.45, 7) is 7.01. The lowest BCUT2D eigenvalue weighted by Gasteiger charge is -2.42. The summed E-state index contributed by atoms with van der Waals surface area (Å²) in [6.07, 6.45) is 9.12. The molecule has 1 aromatic heterocycles. The van der Waals surface area contributed by atoms with Gasteiger partial charge in [0.2, 0.25) is 5.91 Å². The molecule has 3 heterocycles. The Labute approximate surface area is 341 Å². The molecule has 1 saturated carbocycles. The normalized spacial score (nSPS) is 19.1. The lowest BCUT2D eigenvalue weighted by Crippen LogP contribution is -2.55. The van der Waals surface area contributed by atoms with Crippen LogP contribution in [-0.2, 0) is 29.0 Å². The van der Waals surface area contributed by atoms with Gasteiger partial charge in [0.05, 0.1) is 12.1 Å². The van der Waals surface area contributed by atoms with Gasteiger partial charge in [-0.15, -0.1) is 0 Å². The number of amides is 1. The lowest BCUT2D eigenvalue weighted by atomic mass is 9.89. The summed E-state index contributed by atoms with van der Waals surface area (Å²) in [7, 11) is 0. The summed E-state index contributed by atoms with van der Waals surface area (Å²) in [5, 5.41) is 13.3. The van der Waals surface area contributed by atoms with E-state index in [9.17, 15) is 14.7 Å². The number of carboxylic acid groups (broad SMARTS) is 1. The van der Waals surface area contributed by atoms with E-state index in [1.165, 1.54) is 19.3 Å². The van der Waals surface area contributed by atoms with Gasteiger partial charge in [0, 0.05) is 30.9 Å². The van der Waals surface area contributed by atoms with Crippen LogP contribution in [-0.4, -0.2) is 51.7 Å². The highest BCUT2D eigenvalue weighted by Crippen LogP contribution is 2.43. The molecule has 9 nitrogen and oxygen atoms in total. The van der Waals surface area contributed by atoms with Gasteiger partial charge in [-0.25, -0.2) is 4.79 Å². The quantitative estimate of drug-likeness (QED) is 0.129. The maximum atomic E-state index is 14.4. The SMILES string of the molecule is CC[C@@H](c1ccccc1)N1Cc2cc3c(cc2C[C@H]1C(=O)NC(Cc1ccc(-c2ccnc(C)c2C)cc1)C(=O)O)OC[C@H](c1ccc(OC2CCCCC2)cc1)O3. The van der Waals surface area contributed by atoms with Crippen LogP contribution in [0, 0.1) is 13.8 Å². The number of carboxylic acids is 1. The molecule has 1 aliphatic carbocycles. The van der Waals surface area contributed by atoms with Crippen molar-refractivity contribution in [2.75, 3.05) is 6.61 Å². The predicted molar refractivity (Wildman–Crippen MR) is 224 cm³/mol. The smallest absolute Gasteiger partial charge is 0.326 e. The Bertz CT molecular complexity index is 2220. The van der Waals surface area contributed by atoms with Crippen molar-refractivity contribution in [2.24, 2.45) is 0 Å². The third-order valence-electron chi connectivity index (χ3n) is 12.2. The second kappa shape index (κ2) is 17.4. The van der Waals surface area contributed by atoms with Gasteiger partial charge in [-0.3, -0.25) is 14.7 Å². The Kier molecular flexibility index (Phi) is 11.8. The van der Waals surface area contributed by atoms with E-state index in [1.54, 1.807) is 6.20 Å². The van der Waals surface area contributed by atoms with Crippen molar-refractivity contribution in [2.45, 2.75) is 109 Å². The van der Waals surface area contributed by atoms with Gasteiger partial charge in [-0.05, 0) is 127 Å². The summed E-state index contributed by atoms with van der Waals surface area (Å²) in [4.78, 5) is 33.7. The van der Waals surface area contributed by atoms with Crippen LogP contribution in [0.5, 0.6) is 17.2 Å². The fraction of sp³-hybridized carbons (Fsp3) is 0.367. The van der Waals surface area contributed by atoms with E-state index in [2.05, 4.69) is 59.4 Å². The van der Waals surface area contributed by atoms with Gasteiger partial charge < -0.3 is 24.6 Å². The highest BCUT2D eigenvalue weighted by atomic mass is 16.6. The van der Waals surface area contributed by atoms with Crippen molar-refractivity contribution in [3.8, 4) is 28.4 Å². The number of pyridine rings is 1. The fourth-order valence-electron chi connectivity index (χ4n) is 8.86. The molecular weight excluding hydrogens is 727 g/mol. The van der Waals surface area contributed by atoms with Gasteiger partial charge in [-0.1, -0.05) is 80.1 Å². The van der Waals surface area contributed by atoms with Gasteiger partial charge in [-0.2, -0.15) is 0 Å². The number of rotatable bonds is 12. The predicted octanol–water partition coefficient (Wildman–Crippen LogP) is 9.28. The average Bonchev–Trinajstić information content (AvgIpc) is 3.25. The second-order valence-corrected chi connectivity index (χ2v) is 16.0. The number of hydrogen-bond acceptors (Lipinski definition) is 7. The van der Waals surface area contributed by atoms with Crippen molar-refractivity contribution < 1.29 is 28.9 Å². The molecule has 8 rings (SSSR count). The standard InChI is InChI=1S/C49H53N3O6/c1-4-43(35-11-7-5-8-12-35)52-29-38-28-46-45(56-30-47(58-46)36-19-21-40(22-20-36)57-39-13-9-6-10-14-39)27-37(38)26-44(52)48(53)51-42(49(54)55)25-33-15-17-34(18-16-33)41-23-24-50-32(3)31(41)2/h5,7-8,11-12,15-24,27-28,39,42-44,47H,4,6,9-10,13-14,25-26,29-30H2,1-3H3,(H,51,53)(H,54,55)/t42?,43-,44-,47+/m0/s1. The summed E-state index contributed by atoms with van der Waals surface area (Å²) >= 11 is 0. The van der Waals surface area contributed by atoms with Crippen molar-refractivity contribution >= 4 is 11.9 Å². The number of nitrogens with one attached hydrogen (secondary N) is 1. The van der Waals surface area contributed by atoms with Gasteiger partial charge in [0.25, 0.3) is 0 Å². The number of aromatic nitrogens is 1. The minimum atomic E-state index is -1.10. The minimum absolute atomic E-state index is 0.0727. The number of carbonyl (C=O) groups is 2. The Morgan fingerprint density at radius 1 is 0.914 bits per heavy atom.